The van der Waals surface area contributed by atoms with Gasteiger partial charge in [-0.25, -0.2) is 0 Å². The predicted octanol–water partition coefficient (Wildman–Crippen LogP) is 1.61. The average molecular weight is 282 g/mol. The smallest absolute Gasteiger partial charge is 0.311 e. The molecule has 0 radical (unpaired) electrons. The highest BCUT2D eigenvalue weighted by Gasteiger charge is 2.47. The number of nitrogens with two attached hydrogens (primary N) is 1. The van der Waals surface area contributed by atoms with Crippen molar-refractivity contribution in [2.24, 2.45) is 16.6 Å². The maximum atomic E-state index is 12.9. The monoisotopic (exact) mass is 282 g/mol. The van der Waals surface area contributed by atoms with E-state index in [0.29, 0.717) is 26.1 Å². The van der Waals surface area contributed by atoms with Crippen LogP contribution in [0.2, 0.25) is 0 Å². The Morgan fingerprint density at radius 2 is 1.75 bits per heavy atom. The zero-order valence-corrected chi connectivity index (χ0v) is 12.4. The molecule has 2 fully saturated rings. The number of carbonyl (C=O) groups excluding carboxylic acids is 1. The Labute approximate surface area is 120 Å². The van der Waals surface area contributed by atoms with Gasteiger partial charge in [-0.05, 0) is 26.2 Å². The first-order valence-corrected chi connectivity index (χ1v) is 7.66. The summed E-state index contributed by atoms with van der Waals surface area (Å²) in [5.74, 6) is -0.720. The summed E-state index contributed by atoms with van der Waals surface area (Å²) in [5, 5.41) is 9.29. The number of rotatable bonds is 3. The topological polar surface area (TPSA) is 83.6 Å². The van der Waals surface area contributed by atoms with E-state index in [2.05, 4.69) is 0 Å². The molecule has 0 spiro atoms. The molecule has 2 rings (SSSR count). The molecule has 0 bridgehead atoms. The number of likely N-dealkylation sites (tertiary alicyclic amines) is 1. The van der Waals surface area contributed by atoms with E-state index in [4.69, 9.17) is 5.73 Å². The molecule has 20 heavy (non-hydrogen) atoms. The highest BCUT2D eigenvalue weighted by molar-refractivity contribution is 5.85. The molecule has 5 nitrogen and oxygen atoms in total. The maximum Gasteiger partial charge on any atom is 0.311 e. The quantitative estimate of drug-likeness (QED) is 0.770. The van der Waals surface area contributed by atoms with Crippen molar-refractivity contribution in [3.05, 3.63) is 0 Å². The molecule has 1 unspecified atom stereocenters. The van der Waals surface area contributed by atoms with Crippen molar-refractivity contribution in [3.63, 3.8) is 0 Å². The van der Waals surface area contributed by atoms with E-state index >= 15 is 0 Å². The fourth-order valence-electron chi connectivity index (χ4n) is 3.56. The van der Waals surface area contributed by atoms with Gasteiger partial charge >= 0.3 is 5.97 Å². The van der Waals surface area contributed by atoms with Crippen LogP contribution in [0.3, 0.4) is 0 Å². The lowest BCUT2D eigenvalue weighted by atomic mass is 9.79. The minimum atomic E-state index is -0.810. The Balaban J connectivity index is 2.12. The van der Waals surface area contributed by atoms with E-state index in [0.717, 1.165) is 25.7 Å². The fraction of sp³-hybridized carbons (Fsp3) is 0.867. The second kappa shape index (κ2) is 5.72. The summed E-state index contributed by atoms with van der Waals surface area (Å²) in [6, 6.07) is 0. The van der Waals surface area contributed by atoms with E-state index in [-0.39, 0.29) is 5.91 Å². The summed E-state index contributed by atoms with van der Waals surface area (Å²) in [6.07, 6.45) is 6.67. The molecule has 1 aliphatic heterocycles. The van der Waals surface area contributed by atoms with Crippen molar-refractivity contribution in [1.82, 2.24) is 4.90 Å². The molecule has 1 heterocycles. The molecule has 114 valence electrons. The standard InChI is InChI=1S/C15H26N2O3/c1-14(13(19)20)8-9-17(11-14)12(18)15(10-16)6-4-2-3-5-7-15/h2-11,16H2,1H3,(H,19,20). The Morgan fingerprint density at radius 3 is 2.20 bits per heavy atom. The molecular formula is C15H26N2O3. The fourth-order valence-corrected chi connectivity index (χ4v) is 3.56. The number of carboxylic acids is 1. The molecule has 0 aromatic rings. The number of carbonyl (C=O) groups is 2. The number of hydrogen-bond acceptors (Lipinski definition) is 3. The molecule has 5 heteroatoms. The zero-order valence-electron chi connectivity index (χ0n) is 12.4. The molecule has 1 saturated heterocycles. The van der Waals surface area contributed by atoms with Gasteiger partial charge in [0.1, 0.15) is 0 Å². The van der Waals surface area contributed by atoms with Crippen molar-refractivity contribution in [3.8, 4) is 0 Å². The average Bonchev–Trinajstić information content (AvgIpc) is 2.69. The lowest BCUT2D eigenvalue weighted by molar-refractivity contribution is -0.148. The van der Waals surface area contributed by atoms with Gasteiger partial charge in [0.2, 0.25) is 5.91 Å². The van der Waals surface area contributed by atoms with Crippen LogP contribution in [0.25, 0.3) is 0 Å². The van der Waals surface area contributed by atoms with E-state index < -0.39 is 16.8 Å². The lowest BCUT2D eigenvalue weighted by Gasteiger charge is -2.34. The summed E-state index contributed by atoms with van der Waals surface area (Å²) in [7, 11) is 0. The Bertz CT molecular complexity index is 389. The molecule has 0 aromatic carbocycles. The van der Waals surface area contributed by atoms with Crippen molar-refractivity contribution >= 4 is 11.9 Å². The first-order valence-electron chi connectivity index (χ1n) is 7.66. The van der Waals surface area contributed by atoms with Gasteiger partial charge < -0.3 is 15.7 Å². The number of amides is 1. The molecule has 2 aliphatic rings. The minimum Gasteiger partial charge on any atom is -0.481 e. The van der Waals surface area contributed by atoms with Gasteiger partial charge in [-0.15, -0.1) is 0 Å². The predicted molar refractivity (Wildman–Crippen MR) is 76.1 cm³/mol. The molecule has 3 N–H and O–H groups in total. The first-order chi connectivity index (χ1) is 9.43. The maximum absolute atomic E-state index is 12.9. The molecule has 0 aromatic heterocycles. The van der Waals surface area contributed by atoms with Gasteiger partial charge in [-0.1, -0.05) is 25.7 Å². The van der Waals surface area contributed by atoms with Gasteiger partial charge in [-0.3, -0.25) is 9.59 Å². The molecule has 1 saturated carbocycles. The third-order valence-electron chi connectivity index (χ3n) is 5.18. The van der Waals surface area contributed by atoms with Crippen LogP contribution >= 0.6 is 0 Å². The van der Waals surface area contributed by atoms with Crippen LogP contribution in [0.15, 0.2) is 0 Å². The van der Waals surface area contributed by atoms with Crippen LogP contribution in [0, 0.1) is 10.8 Å². The Hall–Kier alpha value is -1.10. The summed E-state index contributed by atoms with van der Waals surface area (Å²) < 4.78 is 0. The van der Waals surface area contributed by atoms with E-state index in [1.165, 1.54) is 12.8 Å². The van der Waals surface area contributed by atoms with Gasteiger partial charge in [0, 0.05) is 19.6 Å². The largest absolute Gasteiger partial charge is 0.481 e. The zero-order chi connectivity index (χ0) is 14.8. The molecular weight excluding hydrogens is 256 g/mol. The van der Waals surface area contributed by atoms with Crippen LogP contribution in [0.5, 0.6) is 0 Å². The SMILES string of the molecule is CC1(C(=O)O)CCN(C(=O)C2(CN)CCCCCC2)C1. The van der Waals surface area contributed by atoms with Crippen LogP contribution in [-0.4, -0.2) is 41.5 Å². The van der Waals surface area contributed by atoms with Gasteiger partial charge in [0.25, 0.3) is 0 Å². The van der Waals surface area contributed by atoms with Crippen LogP contribution < -0.4 is 5.73 Å². The van der Waals surface area contributed by atoms with E-state index in [9.17, 15) is 14.7 Å². The van der Waals surface area contributed by atoms with Gasteiger partial charge in [0.05, 0.1) is 10.8 Å². The van der Waals surface area contributed by atoms with Crippen molar-refractivity contribution < 1.29 is 14.7 Å². The lowest BCUT2D eigenvalue weighted by Crippen LogP contribution is -2.48. The number of aliphatic carboxylic acids is 1. The van der Waals surface area contributed by atoms with Gasteiger partial charge in [0.15, 0.2) is 0 Å². The van der Waals surface area contributed by atoms with Crippen molar-refractivity contribution in [2.45, 2.75) is 51.9 Å². The Morgan fingerprint density at radius 1 is 1.15 bits per heavy atom. The highest BCUT2D eigenvalue weighted by Crippen LogP contribution is 2.39. The highest BCUT2D eigenvalue weighted by atomic mass is 16.4. The van der Waals surface area contributed by atoms with Crippen LogP contribution in [0.1, 0.15) is 51.9 Å². The number of nitrogens with zero attached hydrogens (tertiary/aromatic N) is 1. The summed E-state index contributed by atoms with van der Waals surface area (Å²) in [5.41, 5.74) is 4.70. The third-order valence-corrected chi connectivity index (χ3v) is 5.18. The molecule has 1 aliphatic carbocycles. The second-order valence-corrected chi connectivity index (χ2v) is 6.74. The van der Waals surface area contributed by atoms with E-state index in [1.807, 2.05) is 0 Å². The second-order valence-electron chi connectivity index (χ2n) is 6.74. The van der Waals surface area contributed by atoms with Crippen molar-refractivity contribution in [2.75, 3.05) is 19.6 Å². The van der Waals surface area contributed by atoms with E-state index in [1.54, 1.807) is 11.8 Å². The van der Waals surface area contributed by atoms with Crippen LogP contribution in [-0.2, 0) is 9.59 Å². The number of hydrogen-bond donors (Lipinski definition) is 2. The summed E-state index contributed by atoms with van der Waals surface area (Å²) in [4.78, 5) is 25.9. The number of carboxylic acid groups (broad SMARTS) is 1. The summed E-state index contributed by atoms with van der Waals surface area (Å²) in [6.45, 7) is 2.98. The first kappa shape index (κ1) is 15.3. The minimum absolute atomic E-state index is 0.0897. The molecule has 1 atom stereocenters. The molecule has 1 amide bonds. The van der Waals surface area contributed by atoms with Gasteiger partial charge in [-0.2, -0.15) is 0 Å². The van der Waals surface area contributed by atoms with Crippen LogP contribution in [0.4, 0.5) is 0 Å². The summed E-state index contributed by atoms with van der Waals surface area (Å²) >= 11 is 0. The van der Waals surface area contributed by atoms with Crippen molar-refractivity contribution in [1.29, 1.82) is 0 Å². The normalized spacial score (nSPS) is 30.0. The Kier molecular flexibility index (Phi) is 4.37. The third kappa shape index (κ3) is 2.68.